The third-order valence-electron chi connectivity index (χ3n) is 2.70. The monoisotopic (exact) mass is 214 g/mol. The van der Waals surface area contributed by atoms with Crippen molar-refractivity contribution in [2.75, 3.05) is 6.61 Å². The minimum Gasteiger partial charge on any atom is -0.465 e. The van der Waals surface area contributed by atoms with Crippen molar-refractivity contribution < 1.29 is 14.3 Å². The molecule has 0 aromatic heterocycles. The summed E-state index contributed by atoms with van der Waals surface area (Å²) in [6.07, 6.45) is 1.08. The van der Waals surface area contributed by atoms with Crippen LogP contribution in [0.2, 0.25) is 0 Å². The maximum atomic E-state index is 11.8. The number of Topliss-reactive ketones (excluding diaryl/α,β-unsaturated/α-hetero) is 1. The second-order valence-corrected chi connectivity index (χ2v) is 4.31. The Bertz CT molecular complexity index is 233. The van der Waals surface area contributed by atoms with Crippen LogP contribution in [0.3, 0.4) is 0 Å². The molecule has 0 saturated carbocycles. The smallest absolute Gasteiger partial charge is 0.319 e. The number of esters is 1. The number of ether oxygens (including phenoxy) is 1. The average Bonchev–Trinajstić information content (AvgIpc) is 2.13. The lowest BCUT2D eigenvalue weighted by atomic mass is 9.75. The fourth-order valence-electron chi connectivity index (χ4n) is 1.87. The summed E-state index contributed by atoms with van der Waals surface area (Å²) in [5.41, 5.74) is -0.926. The van der Waals surface area contributed by atoms with E-state index in [1.54, 1.807) is 6.92 Å². The van der Waals surface area contributed by atoms with Crippen molar-refractivity contribution in [3.8, 4) is 0 Å². The van der Waals surface area contributed by atoms with E-state index in [0.717, 1.165) is 0 Å². The summed E-state index contributed by atoms with van der Waals surface area (Å²) in [6.45, 7) is 9.43. The van der Waals surface area contributed by atoms with E-state index in [1.165, 1.54) is 6.92 Å². The van der Waals surface area contributed by atoms with Gasteiger partial charge < -0.3 is 4.74 Å². The highest BCUT2D eigenvalue weighted by atomic mass is 16.5. The minimum atomic E-state index is -0.926. The zero-order chi connectivity index (χ0) is 12.1. The number of rotatable bonds is 6. The van der Waals surface area contributed by atoms with E-state index < -0.39 is 5.41 Å². The molecule has 0 aliphatic heterocycles. The minimum absolute atomic E-state index is 0.0860. The van der Waals surface area contributed by atoms with Crippen molar-refractivity contribution in [1.82, 2.24) is 0 Å². The van der Waals surface area contributed by atoms with Crippen LogP contribution in [0.5, 0.6) is 0 Å². The van der Waals surface area contributed by atoms with Crippen molar-refractivity contribution >= 4 is 11.8 Å². The molecule has 0 aromatic rings. The second-order valence-electron chi connectivity index (χ2n) is 4.31. The molecule has 0 radical (unpaired) electrons. The van der Waals surface area contributed by atoms with Crippen LogP contribution in [0.1, 0.15) is 47.5 Å². The summed E-state index contributed by atoms with van der Waals surface area (Å²) in [7, 11) is 0. The first-order chi connectivity index (χ1) is 6.90. The predicted molar refractivity (Wildman–Crippen MR) is 59.5 cm³/mol. The molecule has 0 saturated heterocycles. The standard InChI is InChI=1S/C12H22O3/c1-6-12(10(5)13,8-9(3)4)11(14)15-7-2/h9H,6-8H2,1-5H3/t12-/m0/s1. The fraction of sp³-hybridized carbons (Fsp3) is 0.833. The van der Waals surface area contributed by atoms with Gasteiger partial charge in [-0.3, -0.25) is 9.59 Å². The molecule has 0 heterocycles. The molecule has 0 bridgehead atoms. The van der Waals surface area contributed by atoms with Gasteiger partial charge in [-0.05, 0) is 32.6 Å². The van der Waals surface area contributed by atoms with Crippen LogP contribution < -0.4 is 0 Å². The molecule has 0 aromatic carbocycles. The van der Waals surface area contributed by atoms with E-state index in [4.69, 9.17) is 4.74 Å². The highest BCUT2D eigenvalue weighted by Gasteiger charge is 2.43. The second kappa shape index (κ2) is 5.89. The zero-order valence-corrected chi connectivity index (χ0v) is 10.4. The van der Waals surface area contributed by atoms with Gasteiger partial charge in [-0.1, -0.05) is 20.8 Å². The van der Waals surface area contributed by atoms with Gasteiger partial charge in [0.25, 0.3) is 0 Å². The molecule has 0 amide bonds. The van der Waals surface area contributed by atoms with E-state index in [9.17, 15) is 9.59 Å². The predicted octanol–water partition coefficient (Wildman–Crippen LogP) is 2.58. The summed E-state index contributed by atoms with van der Waals surface area (Å²) in [5.74, 6) is -0.149. The summed E-state index contributed by atoms with van der Waals surface area (Å²) < 4.78 is 5.00. The lowest BCUT2D eigenvalue weighted by Crippen LogP contribution is -2.40. The summed E-state index contributed by atoms with van der Waals surface area (Å²) in [5, 5.41) is 0. The quantitative estimate of drug-likeness (QED) is 0.504. The molecular formula is C12H22O3. The Balaban J connectivity index is 4.96. The van der Waals surface area contributed by atoms with Gasteiger partial charge in [0, 0.05) is 0 Å². The van der Waals surface area contributed by atoms with Gasteiger partial charge in [0.05, 0.1) is 6.61 Å². The van der Waals surface area contributed by atoms with E-state index in [-0.39, 0.29) is 11.8 Å². The zero-order valence-electron chi connectivity index (χ0n) is 10.4. The molecule has 0 rings (SSSR count). The molecule has 3 heteroatoms. The third kappa shape index (κ3) is 3.33. The van der Waals surface area contributed by atoms with Gasteiger partial charge in [-0.2, -0.15) is 0 Å². The molecular weight excluding hydrogens is 192 g/mol. The Morgan fingerprint density at radius 1 is 1.27 bits per heavy atom. The lowest BCUT2D eigenvalue weighted by Gasteiger charge is -2.29. The normalized spacial score (nSPS) is 14.8. The molecule has 0 N–H and O–H groups in total. The average molecular weight is 214 g/mol. The Kier molecular flexibility index (Phi) is 5.55. The topological polar surface area (TPSA) is 43.4 Å². The van der Waals surface area contributed by atoms with Crippen molar-refractivity contribution in [2.24, 2.45) is 11.3 Å². The van der Waals surface area contributed by atoms with E-state index in [0.29, 0.717) is 25.4 Å². The summed E-state index contributed by atoms with van der Waals surface area (Å²) in [6, 6.07) is 0. The first-order valence-corrected chi connectivity index (χ1v) is 5.59. The van der Waals surface area contributed by atoms with E-state index in [1.807, 2.05) is 20.8 Å². The van der Waals surface area contributed by atoms with Crippen LogP contribution in [-0.2, 0) is 14.3 Å². The first kappa shape index (κ1) is 14.1. The van der Waals surface area contributed by atoms with Crippen molar-refractivity contribution in [3.63, 3.8) is 0 Å². The molecule has 88 valence electrons. The van der Waals surface area contributed by atoms with Crippen LogP contribution in [0, 0.1) is 11.3 Å². The van der Waals surface area contributed by atoms with Gasteiger partial charge in [-0.15, -0.1) is 0 Å². The highest BCUT2D eigenvalue weighted by molar-refractivity contribution is 6.02. The number of carbonyl (C=O) groups excluding carboxylic acids is 2. The number of hydrogen-bond acceptors (Lipinski definition) is 3. The Hall–Kier alpha value is -0.860. The maximum absolute atomic E-state index is 11.8. The van der Waals surface area contributed by atoms with E-state index >= 15 is 0 Å². The van der Waals surface area contributed by atoms with Gasteiger partial charge in [0.2, 0.25) is 0 Å². The van der Waals surface area contributed by atoms with Crippen LogP contribution in [0.25, 0.3) is 0 Å². The number of ketones is 1. The van der Waals surface area contributed by atoms with Crippen LogP contribution in [-0.4, -0.2) is 18.4 Å². The molecule has 1 atom stereocenters. The molecule has 15 heavy (non-hydrogen) atoms. The van der Waals surface area contributed by atoms with Crippen molar-refractivity contribution in [1.29, 1.82) is 0 Å². The van der Waals surface area contributed by atoms with Gasteiger partial charge in [-0.25, -0.2) is 0 Å². The molecule has 0 unspecified atom stereocenters. The summed E-state index contributed by atoms with van der Waals surface area (Å²) in [4.78, 5) is 23.5. The molecule has 0 fully saturated rings. The van der Waals surface area contributed by atoms with E-state index in [2.05, 4.69) is 0 Å². The summed E-state index contributed by atoms with van der Waals surface area (Å²) >= 11 is 0. The Morgan fingerprint density at radius 2 is 1.80 bits per heavy atom. The van der Waals surface area contributed by atoms with Crippen LogP contribution >= 0.6 is 0 Å². The van der Waals surface area contributed by atoms with Gasteiger partial charge >= 0.3 is 5.97 Å². The fourth-order valence-corrected chi connectivity index (χ4v) is 1.87. The molecule has 0 spiro atoms. The maximum Gasteiger partial charge on any atom is 0.319 e. The third-order valence-corrected chi connectivity index (χ3v) is 2.70. The van der Waals surface area contributed by atoms with Crippen molar-refractivity contribution in [2.45, 2.75) is 47.5 Å². The van der Waals surface area contributed by atoms with Gasteiger partial charge in [0.1, 0.15) is 11.2 Å². The Morgan fingerprint density at radius 3 is 2.07 bits per heavy atom. The number of carbonyl (C=O) groups is 2. The molecule has 0 aliphatic rings. The largest absolute Gasteiger partial charge is 0.465 e. The Labute approximate surface area is 92.2 Å². The lowest BCUT2D eigenvalue weighted by molar-refractivity contribution is -0.161. The highest BCUT2D eigenvalue weighted by Crippen LogP contribution is 2.33. The molecule has 3 nitrogen and oxygen atoms in total. The van der Waals surface area contributed by atoms with Crippen molar-refractivity contribution in [3.05, 3.63) is 0 Å². The SMILES string of the molecule is CCOC(=O)[C@@](CC)(CC(C)C)C(C)=O. The van der Waals surface area contributed by atoms with Crippen LogP contribution in [0.15, 0.2) is 0 Å². The van der Waals surface area contributed by atoms with Crippen LogP contribution in [0.4, 0.5) is 0 Å². The van der Waals surface area contributed by atoms with Gasteiger partial charge in [0.15, 0.2) is 0 Å². The number of hydrogen-bond donors (Lipinski definition) is 0. The first-order valence-electron chi connectivity index (χ1n) is 5.59. The molecule has 0 aliphatic carbocycles.